The zero-order valence-electron chi connectivity index (χ0n) is 14.7. The molecule has 1 aromatic heterocycles. The highest BCUT2D eigenvalue weighted by Gasteiger charge is 2.57. The molecule has 1 amide bonds. The Bertz CT molecular complexity index is 697. The van der Waals surface area contributed by atoms with Gasteiger partial charge in [0.15, 0.2) is 0 Å². The Morgan fingerprint density at radius 3 is 2.54 bits per heavy atom. The lowest BCUT2D eigenvalue weighted by molar-refractivity contribution is -0.123. The molecule has 1 spiro atoms. The lowest BCUT2D eigenvalue weighted by Gasteiger charge is -2.23. The molecule has 2 fully saturated rings. The van der Waals surface area contributed by atoms with Gasteiger partial charge in [0.1, 0.15) is 0 Å². The summed E-state index contributed by atoms with van der Waals surface area (Å²) in [6.07, 6.45) is 8.93. The van der Waals surface area contributed by atoms with Crippen molar-refractivity contribution in [3.63, 3.8) is 0 Å². The predicted octanol–water partition coefficient (Wildman–Crippen LogP) is 2.78. The Balaban J connectivity index is 0.00000121. The van der Waals surface area contributed by atoms with E-state index in [9.17, 15) is 4.79 Å². The van der Waals surface area contributed by atoms with Gasteiger partial charge in [-0.2, -0.15) is 0 Å². The van der Waals surface area contributed by atoms with Crippen LogP contribution >= 0.6 is 24.8 Å². The van der Waals surface area contributed by atoms with E-state index in [1.54, 1.807) is 6.20 Å². The zero-order chi connectivity index (χ0) is 16.4. The summed E-state index contributed by atoms with van der Waals surface area (Å²) in [5.74, 6) is 0.472. The molecule has 1 aliphatic heterocycles. The zero-order valence-corrected chi connectivity index (χ0v) is 16.3. The number of carbonyl (C=O) groups excluding carboxylic acids is 1. The van der Waals surface area contributed by atoms with Crippen LogP contribution in [0.4, 0.5) is 0 Å². The van der Waals surface area contributed by atoms with E-state index in [0.29, 0.717) is 12.0 Å². The summed E-state index contributed by atoms with van der Waals surface area (Å²) < 4.78 is 2.04. The lowest BCUT2D eigenvalue weighted by atomic mass is 9.92. The summed E-state index contributed by atoms with van der Waals surface area (Å²) in [4.78, 5) is 16.4. The van der Waals surface area contributed by atoms with Crippen molar-refractivity contribution >= 4 is 30.7 Å². The van der Waals surface area contributed by atoms with Gasteiger partial charge in [0.05, 0.1) is 6.33 Å². The van der Waals surface area contributed by atoms with Crippen LogP contribution in [0.2, 0.25) is 0 Å². The highest BCUT2D eigenvalue weighted by Crippen LogP contribution is 2.58. The molecule has 142 valence electrons. The van der Waals surface area contributed by atoms with Crippen molar-refractivity contribution < 1.29 is 4.79 Å². The molecule has 5 nitrogen and oxygen atoms in total. The Morgan fingerprint density at radius 1 is 1.19 bits per heavy atom. The van der Waals surface area contributed by atoms with Gasteiger partial charge in [0.2, 0.25) is 5.91 Å². The van der Waals surface area contributed by atoms with Crippen molar-refractivity contribution in [3.8, 4) is 0 Å². The van der Waals surface area contributed by atoms with Crippen LogP contribution in [0.15, 0.2) is 43.0 Å². The molecule has 1 aliphatic carbocycles. The Labute approximate surface area is 166 Å². The van der Waals surface area contributed by atoms with Gasteiger partial charge < -0.3 is 15.2 Å². The van der Waals surface area contributed by atoms with Gasteiger partial charge in [-0.05, 0) is 48.9 Å². The third-order valence-electron chi connectivity index (χ3n) is 5.52. The first-order valence-electron chi connectivity index (χ1n) is 8.77. The maximum Gasteiger partial charge on any atom is 0.223 e. The summed E-state index contributed by atoms with van der Waals surface area (Å²) in [5, 5.41) is 6.50. The van der Waals surface area contributed by atoms with E-state index in [2.05, 4.69) is 39.9 Å². The normalized spacial score (nSPS) is 19.9. The summed E-state index contributed by atoms with van der Waals surface area (Å²) in [6.45, 7) is 3.56. The van der Waals surface area contributed by atoms with E-state index in [1.807, 2.05) is 17.1 Å². The molecule has 1 atom stereocenters. The first kappa shape index (κ1) is 20.7. The molecule has 1 unspecified atom stereocenters. The van der Waals surface area contributed by atoms with Crippen LogP contribution in [0.5, 0.6) is 0 Å². The number of imidazole rings is 1. The monoisotopic (exact) mass is 396 g/mol. The van der Waals surface area contributed by atoms with E-state index in [0.717, 1.165) is 44.5 Å². The number of halogens is 2. The van der Waals surface area contributed by atoms with Crippen molar-refractivity contribution in [2.75, 3.05) is 13.1 Å². The molecule has 2 aliphatic rings. The second kappa shape index (κ2) is 8.89. The molecule has 2 aromatic rings. The molecule has 1 saturated heterocycles. The average Bonchev–Trinajstić information content (AvgIpc) is 3.05. The minimum Gasteiger partial charge on any atom is -0.352 e. The number of hydrogen-bond donors (Lipinski definition) is 2. The van der Waals surface area contributed by atoms with Crippen molar-refractivity contribution in [1.29, 1.82) is 0 Å². The summed E-state index contributed by atoms with van der Waals surface area (Å²) >= 11 is 0. The number of rotatable bonds is 5. The molecule has 26 heavy (non-hydrogen) atoms. The van der Waals surface area contributed by atoms with E-state index in [1.165, 1.54) is 5.56 Å². The molecule has 1 saturated carbocycles. The maximum absolute atomic E-state index is 12.4. The van der Waals surface area contributed by atoms with Crippen LogP contribution < -0.4 is 10.6 Å². The summed E-state index contributed by atoms with van der Waals surface area (Å²) in [6, 6.07) is 8.43. The van der Waals surface area contributed by atoms with Crippen LogP contribution in [0.1, 0.15) is 30.4 Å². The van der Waals surface area contributed by atoms with E-state index in [4.69, 9.17) is 0 Å². The minimum atomic E-state index is 0. The topological polar surface area (TPSA) is 59.0 Å². The van der Waals surface area contributed by atoms with E-state index < -0.39 is 0 Å². The molecule has 7 heteroatoms. The SMILES string of the molecule is Cl.Cl.O=C(NCc1ccc(Cn2ccnc2)cc1)C1CC12CCNCC2. The van der Waals surface area contributed by atoms with Gasteiger partial charge in [-0.1, -0.05) is 24.3 Å². The van der Waals surface area contributed by atoms with E-state index >= 15 is 0 Å². The highest BCUT2D eigenvalue weighted by atomic mass is 35.5. The Hall–Kier alpha value is -1.56. The van der Waals surface area contributed by atoms with Crippen molar-refractivity contribution in [3.05, 3.63) is 54.1 Å². The van der Waals surface area contributed by atoms with Crippen LogP contribution in [0, 0.1) is 11.3 Å². The fourth-order valence-corrected chi connectivity index (χ4v) is 3.86. The third-order valence-corrected chi connectivity index (χ3v) is 5.52. The van der Waals surface area contributed by atoms with Crippen molar-refractivity contribution in [1.82, 2.24) is 20.2 Å². The smallest absolute Gasteiger partial charge is 0.223 e. The second-order valence-corrected chi connectivity index (χ2v) is 7.14. The number of nitrogens with one attached hydrogen (secondary N) is 2. The number of aromatic nitrogens is 2. The summed E-state index contributed by atoms with van der Waals surface area (Å²) in [7, 11) is 0. The van der Waals surface area contributed by atoms with Gasteiger partial charge >= 0.3 is 0 Å². The Kier molecular flexibility index (Phi) is 7.09. The van der Waals surface area contributed by atoms with Crippen molar-refractivity contribution in [2.45, 2.75) is 32.4 Å². The first-order valence-corrected chi connectivity index (χ1v) is 8.77. The fraction of sp³-hybridized carbons (Fsp3) is 0.474. The van der Waals surface area contributed by atoms with Crippen molar-refractivity contribution in [2.24, 2.45) is 11.3 Å². The number of amides is 1. The molecule has 2 heterocycles. The van der Waals surface area contributed by atoms with Crippen LogP contribution in [-0.2, 0) is 17.9 Å². The molecule has 0 bridgehead atoms. The number of benzene rings is 1. The van der Waals surface area contributed by atoms with Gasteiger partial charge in [-0.25, -0.2) is 4.98 Å². The number of nitrogens with zero attached hydrogens (tertiary/aromatic N) is 2. The quantitative estimate of drug-likeness (QED) is 0.816. The van der Waals surface area contributed by atoms with Gasteiger partial charge in [-0.3, -0.25) is 4.79 Å². The largest absolute Gasteiger partial charge is 0.352 e. The van der Waals surface area contributed by atoms with E-state index in [-0.39, 0.29) is 36.6 Å². The van der Waals surface area contributed by atoms with Crippen LogP contribution in [-0.4, -0.2) is 28.5 Å². The number of carbonyl (C=O) groups is 1. The van der Waals surface area contributed by atoms with Gasteiger partial charge in [-0.15, -0.1) is 24.8 Å². The highest BCUT2D eigenvalue weighted by molar-refractivity contribution is 5.85. The molecular formula is C19H26Cl2N4O. The average molecular weight is 397 g/mol. The number of piperidine rings is 1. The molecule has 4 rings (SSSR count). The van der Waals surface area contributed by atoms with Gasteiger partial charge in [0, 0.05) is 31.4 Å². The maximum atomic E-state index is 12.4. The minimum absolute atomic E-state index is 0. The lowest BCUT2D eigenvalue weighted by Crippen LogP contribution is -2.33. The molecule has 1 aromatic carbocycles. The van der Waals surface area contributed by atoms with Crippen LogP contribution in [0.25, 0.3) is 0 Å². The number of hydrogen-bond acceptors (Lipinski definition) is 3. The molecule has 0 radical (unpaired) electrons. The standard InChI is InChI=1S/C19H24N4O.2ClH/c24-18(17-11-19(17)5-7-20-8-6-19)22-12-15-1-3-16(4-2-15)13-23-10-9-21-14-23;;/h1-4,9-10,14,17,20H,5-8,11-13H2,(H,22,24);2*1H. The molecule has 2 N–H and O–H groups in total. The first-order chi connectivity index (χ1) is 11.8. The fourth-order valence-electron chi connectivity index (χ4n) is 3.86. The molecular weight excluding hydrogens is 371 g/mol. The Morgan fingerprint density at radius 2 is 1.88 bits per heavy atom. The van der Waals surface area contributed by atoms with Crippen LogP contribution in [0.3, 0.4) is 0 Å². The third kappa shape index (κ3) is 4.58. The summed E-state index contributed by atoms with van der Waals surface area (Å²) in [5.41, 5.74) is 2.70. The predicted molar refractivity (Wildman–Crippen MR) is 107 cm³/mol. The van der Waals surface area contributed by atoms with Gasteiger partial charge in [0.25, 0.3) is 0 Å². The second-order valence-electron chi connectivity index (χ2n) is 7.14.